The summed E-state index contributed by atoms with van der Waals surface area (Å²) >= 11 is 11.9. The number of halogens is 2. The van der Waals surface area contributed by atoms with Gasteiger partial charge in [-0.2, -0.15) is 0 Å². The molecule has 0 aliphatic heterocycles. The van der Waals surface area contributed by atoms with Crippen LogP contribution in [0, 0.1) is 0 Å². The number of amides is 2. The van der Waals surface area contributed by atoms with Crippen molar-refractivity contribution in [2.75, 3.05) is 10.6 Å². The molecule has 0 unspecified atom stereocenters. The molecule has 0 radical (unpaired) electrons. The molecule has 0 heterocycles. The maximum absolute atomic E-state index is 12.3. The number of nitrogens with one attached hydrogen (secondary N) is 2. The number of aliphatic carboxylic acids is 1. The Hall–Kier alpha value is -3.22. The Morgan fingerprint density at radius 3 is 2.12 bits per heavy atom. The van der Waals surface area contributed by atoms with E-state index in [-0.39, 0.29) is 6.03 Å². The van der Waals surface area contributed by atoms with Gasteiger partial charge in [-0.15, -0.1) is 0 Å². The third-order valence-electron chi connectivity index (χ3n) is 4.88. The summed E-state index contributed by atoms with van der Waals surface area (Å²) in [5.74, 6) is -0.518. The lowest BCUT2D eigenvalue weighted by Crippen LogP contribution is -2.37. The average molecular weight is 487 g/mol. The number of carboxylic acids is 1. The van der Waals surface area contributed by atoms with Crippen molar-refractivity contribution < 1.29 is 19.4 Å². The quantitative estimate of drug-likeness (QED) is 0.331. The molecule has 0 saturated carbocycles. The number of aryl methyl sites for hydroxylation is 2. The molecule has 0 aliphatic rings. The molecule has 8 heteroatoms. The van der Waals surface area contributed by atoms with Crippen LogP contribution in [0.5, 0.6) is 5.75 Å². The maximum atomic E-state index is 12.3. The average Bonchev–Trinajstić information content (AvgIpc) is 2.76. The largest absolute Gasteiger partial charge is 0.478 e. The number of anilines is 2. The molecule has 3 aromatic carbocycles. The number of rotatable bonds is 8. The van der Waals surface area contributed by atoms with E-state index in [1.165, 1.54) is 13.8 Å². The molecular formula is C25H24Cl2N2O4. The van der Waals surface area contributed by atoms with Crippen LogP contribution in [0.3, 0.4) is 0 Å². The van der Waals surface area contributed by atoms with E-state index in [1.807, 2.05) is 36.4 Å². The third kappa shape index (κ3) is 7.14. The summed E-state index contributed by atoms with van der Waals surface area (Å²) in [6.45, 7) is 3.02. The summed E-state index contributed by atoms with van der Waals surface area (Å²) in [7, 11) is 0. The Morgan fingerprint density at radius 1 is 0.848 bits per heavy atom. The van der Waals surface area contributed by atoms with Crippen LogP contribution in [0.1, 0.15) is 25.0 Å². The zero-order valence-corrected chi connectivity index (χ0v) is 19.7. The van der Waals surface area contributed by atoms with Crippen LogP contribution in [0.15, 0.2) is 66.7 Å². The van der Waals surface area contributed by atoms with Crippen molar-refractivity contribution in [3.63, 3.8) is 0 Å². The van der Waals surface area contributed by atoms with Crippen molar-refractivity contribution in [1.29, 1.82) is 0 Å². The minimum Gasteiger partial charge on any atom is -0.478 e. The fourth-order valence-electron chi connectivity index (χ4n) is 3.02. The molecule has 3 rings (SSSR count). The van der Waals surface area contributed by atoms with Gasteiger partial charge in [0, 0.05) is 11.4 Å². The standard InChI is InChI=1S/C25H24Cl2N2O4/c1-25(2,23(30)31)33-20-11-8-16(9-12-20)6-7-17-4-3-5-18(14-17)28-24(32)29-19-10-13-21(26)22(27)15-19/h3-5,8-15H,6-7H2,1-2H3,(H,30,31)(H2,28,29,32). The smallest absolute Gasteiger partial charge is 0.347 e. The Labute approximate surface area is 202 Å². The predicted molar refractivity (Wildman–Crippen MR) is 132 cm³/mol. The Bertz CT molecular complexity index is 1150. The molecule has 172 valence electrons. The fourth-order valence-corrected chi connectivity index (χ4v) is 3.32. The van der Waals surface area contributed by atoms with E-state index < -0.39 is 11.6 Å². The van der Waals surface area contributed by atoms with Gasteiger partial charge < -0.3 is 20.5 Å². The Kier molecular flexibility index (Phi) is 7.84. The summed E-state index contributed by atoms with van der Waals surface area (Å²) in [6.07, 6.45) is 1.55. The number of hydrogen-bond acceptors (Lipinski definition) is 3. The SMILES string of the molecule is CC(C)(Oc1ccc(CCc2cccc(NC(=O)Nc3ccc(Cl)c(Cl)c3)c2)cc1)C(=O)O. The van der Waals surface area contributed by atoms with E-state index >= 15 is 0 Å². The van der Waals surface area contributed by atoms with Crippen LogP contribution in [0.25, 0.3) is 0 Å². The van der Waals surface area contributed by atoms with Gasteiger partial charge in [-0.05, 0) is 80.3 Å². The van der Waals surface area contributed by atoms with Crippen LogP contribution >= 0.6 is 23.2 Å². The van der Waals surface area contributed by atoms with Crippen LogP contribution in [-0.4, -0.2) is 22.7 Å². The van der Waals surface area contributed by atoms with Crippen LogP contribution in [-0.2, 0) is 17.6 Å². The normalized spacial score (nSPS) is 11.0. The zero-order chi connectivity index (χ0) is 24.0. The van der Waals surface area contributed by atoms with Gasteiger partial charge in [0.1, 0.15) is 5.75 Å². The Morgan fingerprint density at radius 2 is 1.48 bits per heavy atom. The molecule has 0 spiro atoms. The molecule has 0 atom stereocenters. The van der Waals surface area contributed by atoms with E-state index in [0.717, 1.165) is 24.0 Å². The minimum absolute atomic E-state index is 0.363. The first-order valence-electron chi connectivity index (χ1n) is 10.3. The molecule has 6 nitrogen and oxygen atoms in total. The van der Waals surface area contributed by atoms with Crippen LogP contribution in [0.2, 0.25) is 10.0 Å². The second-order valence-corrected chi connectivity index (χ2v) is 8.78. The van der Waals surface area contributed by atoms with Crippen LogP contribution in [0.4, 0.5) is 16.2 Å². The van der Waals surface area contributed by atoms with Gasteiger partial charge in [0.05, 0.1) is 10.0 Å². The lowest BCUT2D eigenvalue weighted by atomic mass is 10.0. The monoisotopic (exact) mass is 486 g/mol. The zero-order valence-electron chi connectivity index (χ0n) is 18.2. The summed E-state index contributed by atoms with van der Waals surface area (Å²) < 4.78 is 5.53. The van der Waals surface area contributed by atoms with Gasteiger partial charge in [-0.3, -0.25) is 0 Å². The van der Waals surface area contributed by atoms with Gasteiger partial charge in [-0.1, -0.05) is 47.5 Å². The highest BCUT2D eigenvalue weighted by Gasteiger charge is 2.29. The molecule has 0 aromatic heterocycles. The molecule has 2 amide bonds. The highest BCUT2D eigenvalue weighted by molar-refractivity contribution is 6.42. The highest BCUT2D eigenvalue weighted by atomic mass is 35.5. The first-order valence-corrected chi connectivity index (χ1v) is 11.0. The second-order valence-electron chi connectivity index (χ2n) is 7.97. The molecule has 0 fully saturated rings. The van der Waals surface area contributed by atoms with E-state index in [0.29, 0.717) is 27.2 Å². The molecule has 0 aliphatic carbocycles. The molecule has 0 saturated heterocycles. The molecule has 3 N–H and O–H groups in total. The van der Waals surface area contributed by atoms with E-state index in [2.05, 4.69) is 10.6 Å². The minimum atomic E-state index is -1.29. The number of ether oxygens (including phenoxy) is 1. The third-order valence-corrected chi connectivity index (χ3v) is 5.62. The number of urea groups is 1. The van der Waals surface area contributed by atoms with Crippen molar-refractivity contribution in [2.24, 2.45) is 0 Å². The number of carbonyl (C=O) groups excluding carboxylic acids is 1. The summed E-state index contributed by atoms with van der Waals surface area (Å²) in [4.78, 5) is 23.5. The van der Waals surface area contributed by atoms with Crippen molar-refractivity contribution in [3.8, 4) is 5.75 Å². The summed E-state index contributed by atoms with van der Waals surface area (Å²) in [5, 5.41) is 15.5. The summed E-state index contributed by atoms with van der Waals surface area (Å²) in [6, 6.07) is 19.5. The van der Waals surface area contributed by atoms with E-state index in [9.17, 15) is 14.7 Å². The Balaban J connectivity index is 1.55. The fraction of sp³-hybridized carbons (Fsp3) is 0.200. The maximum Gasteiger partial charge on any atom is 0.347 e. The van der Waals surface area contributed by atoms with Gasteiger partial charge >= 0.3 is 12.0 Å². The first kappa shape index (κ1) is 24.4. The van der Waals surface area contributed by atoms with Crippen molar-refractivity contribution in [2.45, 2.75) is 32.3 Å². The molecular weight excluding hydrogens is 463 g/mol. The number of carboxylic acid groups (broad SMARTS) is 1. The second kappa shape index (κ2) is 10.6. The van der Waals surface area contributed by atoms with Gasteiger partial charge in [0.2, 0.25) is 0 Å². The number of hydrogen-bond donors (Lipinski definition) is 3. The van der Waals surface area contributed by atoms with Gasteiger partial charge in [0.15, 0.2) is 5.60 Å². The van der Waals surface area contributed by atoms with Gasteiger partial charge in [-0.25, -0.2) is 9.59 Å². The van der Waals surface area contributed by atoms with E-state index in [1.54, 1.807) is 30.3 Å². The molecule has 3 aromatic rings. The first-order chi connectivity index (χ1) is 15.6. The topological polar surface area (TPSA) is 87.7 Å². The lowest BCUT2D eigenvalue weighted by Gasteiger charge is -2.21. The number of carbonyl (C=O) groups is 2. The predicted octanol–water partition coefficient (Wildman–Crippen LogP) is 6.66. The summed E-state index contributed by atoms with van der Waals surface area (Å²) in [5.41, 5.74) is 2.07. The highest BCUT2D eigenvalue weighted by Crippen LogP contribution is 2.25. The molecule has 33 heavy (non-hydrogen) atoms. The van der Waals surface area contributed by atoms with E-state index in [4.69, 9.17) is 27.9 Å². The van der Waals surface area contributed by atoms with Crippen molar-refractivity contribution >= 4 is 46.6 Å². The van der Waals surface area contributed by atoms with Crippen LogP contribution < -0.4 is 15.4 Å². The number of benzene rings is 3. The van der Waals surface area contributed by atoms with Crippen molar-refractivity contribution in [1.82, 2.24) is 0 Å². The lowest BCUT2D eigenvalue weighted by molar-refractivity contribution is -0.152. The molecule has 0 bridgehead atoms. The van der Waals surface area contributed by atoms with Crippen molar-refractivity contribution in [3.05, 3.63) is 87.9 Å². The van der Waals surface area contributed by atoms with Gasteiger partial charge in [0.25, 0.3) is 0 Å².